The Morgan fingerprint density at radius 1 is 1.30 bits per heavy atom. The van der Waals surface area contributed by atoms with Gasteiger partial charge in [-0.25, -0.2) is 0 Å². The minimum atomic E-state index is 0.204. The van der Waals surface area contributed by atoms with Gasteiger partial charge < -0.3 is 15.7 Å². The molecular weight excluding hydrogens is 294 g/mol. The largest absolute Gasteiger partial charge is 0.395 e. The lowest BCUT2D eigenvalue weighted by atomic mass is 10.1. The molecule has 1 aromatic carbocycles. The normalized spacial score (nSPS) is 17.0. The summed E-state index contributed by atoms with van der Waals surface area (Å²) < 4.78 is 0. The van der Waals surface area contributed by atoms with Gasteiger partial charge in [-0.2, -0.15) is 0 Å². The lowest BCUT2D eigenvalue weighted by molar-refractivity contribution is 0.204. The van der Waals surface area contributed by atoms with Crippen LogP contribution < -0.4 is 10.6 Å². The molecule has 1 aromatic rings. The summed E-state index contributed by atoms with van der Waals surface area (Å²) in [5.74, 6) is 0. The van der Waals surface area contributed by atoms with Crippen molar-refractivity contribution in [3.63, 3.8) is 0 Å². The van der Waals surface area contributed by atoms with Crippen LogP contribution in [0.25, 0.3) is 0 Å². The summed E-state index contributed by atoms with van der Waals surface area (Å²) in [4.78, 5) is 4.88. The zero-order valence-corrected chi connectivity index (χ0v) is 13.0. The van der Waals surface area contributed by atoms with Crippen LogP contribution in [-0.2, 0) is 0 Å². The summed E-state index contributed by atoms with van der Waals surface area (Å²) >= 11 is 11.4. The summed E-state index contributed by atoms with van der Waals surface area (Å²) in [5, 5.41) is 9.64. The molecule has 20 heavy (non-hydrogen) atoms. The zero-order chi connectivity index (χ0) is 14.5. The molecule has 0 bridgehead atoms. The van der Waals surface area contributed by atoms with Crippen LogP contribution in [0, 0.1) is 0 Å². The van der Waals surface area contributed by atoms with E-state index in [1.807, 2.05) is 18.2 Å². The number of hydrogen-bond donors (Lipinski definition) is 2. The van der Waals surface area contributed by atoms with Gasteiger partial charge in [0, 0.05) is 31.9 Å². The van der Waals surface area contributed by atoms with Gasteiger partial charge in [0.15, 0.2) is 0 Å². The highest BCUT2D eigenvalue weighted by atomic mass is 35.5. The molecule has 0 aromatic heterocycles. The first-order chi connectivity index (χ1) is 9.63. The number of benzene rings is 1. The van der Waals surface area contributed by atoms with E-state index < -0.39 is 0 Å². The van der Waals surface area contributed by atoms with Gasteiger partial charge in [0.25, 0.3) is 0 Å². The molecule has 4 nitrogen and oxygen atoms in total. The molecule has 110 valence electrons. The maximum Gasteiger partial charge on any atom is 0.107 e. The van der Waals surface area contributed by atoms with Crippen LogP contribution in [0.3, 0.4) is 0 Å². The molecule has 0 spiro atoms. The topological polar surface area (TPSA) is 52.7 Å². The van der Waals surface area contributed by atoms with Crippen molar-refractivity contribution in [2.24, 2.45) is 5.73 Å². The minimum Gasteiger partial charge on any atom is -0.395 e. The van der Waals surface area contributed by atoms with Crippen molar-refractivity contribution in [3.8, 4) is 0 Å². The summed E-state index contributed by atoms with van der Waals surface area (Å²) in [6.45, 7) is 4.68. The number of nitrogens with two attached hydrogens (primary N) is 1. The molecule has 2 rings (SSSR count). The molecule has 1 heterocycles. The summed E-state index contributed by atoms with van der Waals surface area (Å²) in [6.07, 6.45) is 1.04. The molecule has 6 heteroatoms. The van der Waals surface area contributed by atoms with Gasteiger partial charge in [-0.1, -0.05) is 29.9 Å². The number of β-amino-alcohol motifs (C(OH)–C–C–N with tert-alkyl or cyclic N) is 1. The van der Waals surface area contributed by atoms with Gasteiger partial charge in [0.1, 0.15) is 4.99 Å². The van der Waals surface area contributed by atoms with E-state index in [2.05, 4.69) is 9.80 Å². The fourth-order valence-electron chi connectivity index (χ4n) is 2.60. The maximum atomic E-state index is 9.04. The second-order valence-electron chi connectivity index (χ2n) is 4.90. The first-order valence-electron chi connectivity index (χ1n) is 6.80. The van der Waals surface area contributed by atoms with E-state index in [0.29, 0.717) is 10.0 Å². The molecule has 0 unspecified atom stereocenters. The van der Waals surface area contributed by atoms with Crippen LogP contribution in [0.5, 0.6) is 0 Å². The predicted molar refractivity (Wildman–Crippen MR) is 87.7 cm³/mol. The van der Waals surface area contributed by atoms with Gasteiger partial charge in [0.2, 0.25) is 0 Å². The molecular formula is C14H20ClN3OS. The molecule has 1 aliphatic rings. The highest BCUT2D eigenvalue weighted by Gasteiger charge is 2.19. The molecule has 1 fully saturated rings. The van der Waals surface area contributed by atoms with Crippen LogP contribution in [0.4, 0.5) is 5.69 Å². The van der Waals surface area contributed by atoms with Crippen molar-refractivity contribution in [1.29, 1.82) is 0 Å². The van der Waals surface area contributed by atoms with Crippen molar-refractivity contribution in [3.05, 3.63) is 28.8 Å². The average molecular weight is 314 g/mol. The SMILES string of the molecule is NC(=S)c1c(Cl)cccc1N1CCCN(CCO)CC1. The smallest absolute Gasteiger partial charge is 0.107 e. The van der Waals surface area contributed by atoms with Gasteiger partial charge in [-0.05, 0) is 25.1 Å². The Morgan fingerprint density at radius 3 is 2.80 bits per heavy atom. The lowest BCUT2D eigenvalue weighted by Crippen LogP contribution is -2.33. The van der Waals surface area contributed by atoms with E-state index in [9.17, 15) is 0 Å². The van der Waals surface area contributed by atoms with Gasteiger partial charge in [-0.15, -0.1) is 0 Å². The lowest BCUT2D eigenvalue weighted by Gasteiger charge is -2.26. The van der Waals surface area contributed by atoms with E-state index in [0.717, 1.165) is 50.4 Å². The Hall–Kier alpha value is -0.880. The highest BCUT2D eigenvalue weighted by molar-refractivity contribution is 7.80. The number of hydrogen-bond acceptors (Lipinski definition) is 4. The van der Waals surface area contributed by atoms with Crippen molar-refractivity contribution in [2.45, 2.75) is 6.42 Å². The quantitative estimate of drug-likeness (QED) is 0.825. The summed E-state index contributed by atoms with van der Waals surface area (Å²) in [6, 6.07) is 5.76. The second-order valence-corrected chi connectivity index (χ2v) is 5.75. The van der Waals surface area contributed by atoms with Crippen LogP contribution >= 0.6 is 23.8 Å². The van der Waals surface area contributed by atoms with Crippen molar-refractivity contribution >= 4 is 34.5 Å². The second kappa shape index (κ2) is 7.22. The Balaban J connectivity index is 2.20. The van der Waals surface area contributed by atoms with E-state index in [1.165, 1.54) is 0 Å². The third-order valence-corrected chi connectivity index (χ3v) is 4.10. The molecule has 0 radical (unpaired) electrons. The van der Waals surface area contributed by atoms with Crippen LogP contribution in [-0.4, -0.2) is 54.3 Å². The van der Waals surface area contributed by atoms with Gasteiger partial charge >= 0.3 is 0 Å². The fourth-order valence-corrected chi connectivity index (χ4v) is 3.14. The average Bonchev–Trinajstić information content (AvgIpc) is 2.64. The van der Waals surface area contributed by atoms with E-state index in [1.54, 1.807) is 0 Å². The molecule has 3 N–H and O–H groups in total. The highest BCUT2D eigenvalue weighted by Crippen LogP contribution is 2.28. The summed E-state index contributed by atoms with van der Waals surface area (Å²) in [5.41, 5.74) is 7.59. The molecule has 1 aliphatic heterocycles. The van der Waals surface area contributed by atoms with Crippen LogP contribution in [0.15, 0.2) is 18.2 Å². The third kappa shape index (κ3) is 3.61. The Kier molecular flexibility index (Phi) is 5.60. The zero-order valence-electron chi connectivity index (χ0n) is 11.4. The van der Waals surface area contributed by atoms with Crippen LogP contribution in [0.1, 0.15) is 12.0 Å². The molecule has 0 amide bonds. The Morgan fingerprint density at radius 2 is 2.10 bits per heavy atom. The van der Waals surface area contributed by atoms with E-state index in [-0.39, 0.29) is 6.61 Å². The number of aliphatic hydroxyl groups is 1. The van der Waals surface area contributed by atoms with Crippen molar-refractivity contribution < 1.29 is 5.11 Å². The van der Waals surface area contributed by atoms with E-state index >= 15 is 0 Å². The minimum absolute atomic E-state index is 0.204. The first kappa shape index (κ1) is 15.5. The monoisotopic (exact) mass is 313 g/mol. The number of thiocarbonyl (C=S) groups is 1. The number of nitrogens with zero attached hydrogens (tertiary/aromatic N) is 2. The van der Waals surface area contributed by atoms with E-state index in [4.69, 9.17) is 34.7 Å². The molecule has 0 atom stereocenters. The molecule has 1 saturated heterocycles. The third-order valence-electron chi connectivity index (χ3n) is 3.58. The van der Waals surface area contributed by atoms with Gasteiger partial charge in [0.05, 0.1) is 17.2 Å². The van der Waals surface area contributed by atoms with Crippen molar-refractivity contribution in [2.75, 3.05) is 44.2 Å². The van der Waals surface area contributed by atoms with Crippen LogP contribution in [0.2, 0.25) is 5.02 Å². The number of rotatable bonds is 4. The molecule has 0 aliphatic carbocycles. The van der Waals surface area contributed by atoms with Crippen molar-refractivity contribution in [1.82, 2.24) is 4.90 Å². The number of halogens is 1. The fraction of sp³-hybridized carbons (Fsp3) is 0.500. The maximum absolute atomic E-state index is 9.04. The first-order valence-corrected chi connectivity index (χ1v) is 7.58. The Bertz CT molecular complexity index is 483. The summed E-state index contributed by atoms with van der Waals surface area (Å²) in [7, 11) is 0. The van der Waals surface area contributed by atoms with Gasteiger partial charge in [-0.3, -0.25) is 4.90 Å². The Labute approximate surface area is 130 Å². The standard InChI is InChI=1S/C14H20ClN3OS/c15-11-3-1-4-12(13(11)14(16)20)18-6-2-5-17(7-8-18)9-10-19/h1,3-4,19H,2,5-10H2,(H2,16,20). The number of anilines is 1. The predicted octanol–water partition coefficient (Wildman–Crippen LogP) is 1.48. The number of aliphatic hydroxyl groups excluding tert-OH is 1. The molecule has 0 saturated carbocycles.